The molecule has 0 aliphatic carbocycles. The van der Waals surface area contributed by atoms with Gasteiger partial charge in [-0.15, -0.1) is 0 Å². The molecule has 2 aliphatic rings. The Labute approximate surface area is 149 Å². The van der Waals surface area contributed by atoms with Crippen LogP contribution in [0.15, 0.2) is 18.2 Å². The molecule has 7 nitrogen and oxygen atoms in total. The Bertz CT molecular complexity index is 744. The fraction of sp³-hybridized carbons (Fsp3) is 0.588. The minimum absolute atomic E-state index is 0.121. The van der Waals surface area contributed by atoms with E-state index < -0.39 is 10.0 Å². The van der Waals surface area contributed by atoms with Gasteiger partial charge in [-0.1, -0.05) is 0 Å². The zero-order chi connectivity index (χ0) is 18.0. The van der Waals surface area contributed by atoms with E-state index in [1.807, 2.05) is 6.92 Å². The highest BCUT2D eigenvalue weighted by atomic mass is 32.2. The number of benzene rings is 1. The first-order valence-corrected chi connectivity index (χ1v) is 10.4. The van der Waals surface area contributed by atoms with E-state index in [0.29, 0.717) is 24.2 Å². The Kier molecular flexibility index (Phi) is 5.31. The minimum Gasteiger partial charge on any atom is -0.379 e. The monoisotopic (exact) mass is 367 g/mol. The second-order valence-electron chi connectivity index (χ2n) is 6.67. The highest BCUT2D eigenvalue weighted by Crippen LogP contribution is 2.34. The van der Waals surface area contributed by atoms with E-state index in [-0.39, 0.29) is 11.9 Å². The van der Waals surface area contributed by atoms with Crippen molar-refractivity contribution in [1.82, 2.24) is 10.2 Å². The van der Waals surface area contributed by atoms with E-state index in [1.54, 1.807) is 18.2 Å². The summed E-state index contributed by atoms with van der Waals surface area (Å²) in [6, 6.07) is 5.11. The quantitative estimate of drug-likeness (QED) is 0.818. The summed E-state index contributed by atoms with van der Waals surface area (Å²) >= 11 is 0. The summed E-state index contributed by atoms with van der Waals surface area (Å²) in [6.07, 6.45) is 1.84. The number of amides is 1. The third kappa shape index (κ3) is 4.13. The second kappa shape index (κ2) is 7.31. The SMILES string of the molecule is C[C@H]1Cc2cc(C(=O)NCCN3CCOCC3)ccc2N1S(C)(=O)=O. The van der Waals surface area contributed by atoms with Gasteiger partial charge in [-0.25, -0.2) is 8.42 Å². The molecule has 1 atom stereocenters. The van der Waals surface area contributed by atoms with Crippen LogP contribution in [-0.4, -0.2) is 70.9 Å². The van der Waals surface area contributed by atoms with Gasteiger partial charge in [0.25, 0.3) is 5.91 Å². The molecule has 0 unspecified atom stereocenters. The average Bonchev–Trinajstić information content (AvgIpc) is 2.90. The number of rotatable bonds is 5. The van der Waals surface area contributed by atoms with Gasteiger partial charge >= 0.3 is 0 Å². The Hall–Kier alpha value is -1.64. The summed E-state index contributed by atoms with van der Waals surface area (Å²) in [7, 11) is -3.31. The number of hydrogen-bond donors (Lipinski definition) is 1. The van der Waals surface area contributed by atoms with Crippen LogP contribution in [0.3, 0.4) is 0 Å². The van der Waals surface area contributed by atoms with Crippen LogP contribution in [0, 0.1) is 0 Å². The third-order valence-corrected chi connectivity index (χ3v) is 5.94. The van der Waals surface area contributed by atoms with Crippen LogP contribution >= 0.6 is 0 Å². The number of hydrogen-bond acceptors (Lipinski definition) is 5. The molecule has 0 bridgehead atoms. The highest BCUT2D eigenvalue weighted by molar-refractivity contribution is 7.92. The predicted octanol–water partition coefficient (Wildman–Crippen LogP) is 0.459. The van der Waals surface area contributed by atoms with E-state index >= 15 is 0 Å². The zero-order valence-corrected chi connectivity index (χ0v) is 15.5. The molecule has 138 valence electrons. The van der Waals surface area contributed by atoms with E-state index in [9.17, 15) is 13.2 Å². The largest absolute Gasteiger partial charge is 0.379 e. The molecule has 0 aromatic heterocycles. The topological polar surface area (TPSA) is 79.0 Å². The first-order valence-electron chi connectivity index (χ1n) is 8.57. The van der Waals surface area contributed by atoms with Crippen LogP contribution in [-0.2, 0) is 21.2 Å². The zero-order valence-electron chi connectivity index (χ0n) is 14.7. The summed E-state index contributed by atoms with van der Waals surface area (Å²) in [5, 5.41) is 2.94. The van der Waals surface area contributed by atoms with Crippen molar-refractivity contribution in [3.8, 4) is 0 Å². The average molecular weight is 367 g/mol. The standard InChI is InChI=1S/C17H25N3O4S/c1-13-11-15-12-14(3-4-16(15)20(13)25(2,22)23)17(21)18-5-6-19-7-9-24-10-8-19/h3-4,12-13H,5-11H2,1-2H3,(H,18,21)/t13-/m0/s1. The van der Waals surface area contributed by atoms with Gasteiger partial charge in [-0.05, 0) is 37.1 Å². The minimum atomic E-state index is -3.31. The Morgan fingerprint density at radius 1 is 1.32 bits per heavy atom. The smallest absolute Gasteiger partial charge is 0.251 e. The van der Waals surface area contributed by atoms with Crippen molar-refractivity contribution in [2.24, 2.45) is 0 Å². The number of nitrogens with zero attached hydrogens (tertiary/aromatic N) is 2. The summed E-state index contributed by atoms with van der Waals surface area (Å²) in [4.78, 5) is 14.6. The fourth-order valence-corrected chi connectivity index (χ4v) is 4.77. The molecular weight excluding hydrogens is 342 g/mol. The van der Waals surface area contributed by atoms with Gasteiger partial charge in [0.2, 0.25) is 10.0 Å². The summed E-state index contributed by atoms with van der Waals surface area (Å²) in [5.41, 5.74) is 2.15. The van der Waals surface area contributed by atoms with Crippen LogP contribution in [0.5, 0.6) is 0 Å². The number of fused-ring (bicyclic) bond motifs is 1. The van der Waals surface area contributed by atoms with Gasteiger partial charge in [-0.2, -0.15) is 0 Å². The first kappa shape index (κ1) is 18.2. The van der Waals surface area contributed by atoms with Crippen molar-refractivity contribution >= 4 is 21.6 Å². The third-order valence-electron chi connectivity index (χ3n) is 4.67. The molecule has 0 radical (unpaired) electrons. The Balaban J connectivity index is 1.62. The number of sulfonamides is 1. The van der Waals surface area contributed by atoms with Crippen molar-refractivity contribution in [1.29, 1.82) is 0 Å². The first-order chi connectivity index (χ1) is 11.9. The maximum absolute atomic E-state index is 12.4. The van der Waals surface area contributed by atoms with Gasteiger partial charge in [0.05, 0.1) is 25.2 Å². The molecule has 1 aromatic carbocycles. The molecule has 1 aromatic rings. The van der Waals surface area contributed by atoms with Gasteiger partial charge in [0.15, 0.2) is 0 Å². The maximum atomic E-state index is 12.4. The molecule has 1 N–H and O–H groups in total. The molecule has 0 spiro atoms. The molecule has 3 rings (SSSR count). The normalized spacial score (nSPS) is 21.2. The summed E-state index contributed by atoms with van der Waals surface area (Å²) < 4.78 is 30.6. The van der Waals surface area contributed by atoms with Crippen LogP contribution in [0.2, 0.25) is 0 Å². The molecule has 8 heteroatoms. The van der Waals surface area contributed by atoms with Crippen LogP contribution in [0.4, 0.5) is 5.69 Å². The lowest BCUT2D eigenvalue weighted by Gasteiger charge is -2.26. The van der Waals surface area contributed by atoms with Crippen LogP contribution in [0.25, 0.3) is 0 Å². The van der Waals surface area contributed by atoms with Crippen LogP contribution in [0.1, 0.15) is 22.8 Å². The summed E-state index contributed by atoms with van der Waals surface area (Å²) in [6.45, 7) is 6.55. The van der Waals surface area contributed by atoms with Gasteiger partial charge < -0.3 is 10.1 Å². The molecule has 2 aliphatic heterocycles. The number of carbonyl (C=O) groups is 1. The molecule has 25 heavy (non-hydrogen) atoms. The molecular formula is C17H25N3O4S. The van der Waals surface area contributed by atoms with Crippen molar-refractivity contribution in [2.45, 2.75) is 19.4 Å². The van der Waals surface area contributed by atoms with Gasteiger partial charge in [0.1, 0.15) is 0 Å². The van der Waals surface area contributed by atoms with Crippen molar-refractivity contribution < 1.29 is 17.9 Å². The lowest BCUT2D eigenvalue weighted by atomic mass is 10.1. The molecule has 2 heterocycles. The molecule has 1 saturated heterocycles. The van der Waals surface area contributed by atoms with Crippen LogP contribution < -0.4 is 9.62 Å². The van der Waals surface area contributed by atoms with E-state index in [4.69, 9.17) is 4.74 Å². The van der Waals surface area contributed by atoms with Crippen molar-refractivity contribution in [2.75, 3.05) is 50.0 Å². The molecule has 1 fully saturated rings. The van der Waals surface area contributed by atoms with E-state index in [1.165, 1.54) is 10.6 Å². The van der Waals surface area contributed by atoms with E-state index in [2.05, 4.69) is 10.2 Å². The number of nitrogens with one attached hydrogen (secondary N) is 1. The van der Waals surface area contributed by atoms with Gasteiger partial charge in [0, 0.05) is 37.8 Å². The fourth-order valence-electron chi connectivity index (χ4n) is 3.50. The van der Waals surface area contributed by atoms with E-state index in [0.717, 1.165) is 38.4 Å². The Morgan fingerprint density at radius 2 is 2.04 bits per heavy atom. The lowest BCUT2D eigenvalue weighted by molar-refractivity contribution is 0.0383. The Morgan fingerprint density at radius 3 is 2.72 bits per heavy atom. The summed E-state index contributed by atoms with van der Waals surface area (Å²) in [5.74, 6) is -0.124. The number of carbonyl (C=O) groups excluding carboxylic acids is 1. The van der Waals surface area contributed by atoms with Crippen molar-refractivity contribution in [3.05, 3.63) is 29.3 Å². The predicted molar refractivity (Wildman–Crippen MR) is 96.5 cm³/mol. The highest BCUT2D eigenvalue weighted by Gasteiger charge is 2.32. The lowest BCUT2D eigenvalue weighted by Crippen LogP contribution is -2.41. The number of anilines is 1. The van der Waals surface area contributed by atoms with Crippen molar-refractivity contribution in [3.63, 3.8) is 0 Å². The number of ether oxygens (including phenoxy) is 1. The number of morpholine rings is 1. The maximum Gasteiger partial charge on any atom is 0.251 e. The second-order valence-corrected chi connectivity index (χ2v) is 8.52. The molecule has 0 saturated carbocycles. The molecule has 1 amide bonds. The van der Waals surface area contributed by atoms with Gasteiger partial charge in [-0.3, -0.25) is 14.0 Å².